The fraction of sp³-hybridized carbons (Fsp3) is 0. The van der Waals surface area contributed by atoms with Crippen LogP contribution in [0, 0.1) is 0 Å². The lowest BCUT2D eigenvalue weighted by Gasteiger charge is -2.34. The lowest BCUT2D eigenvalue weighted by atomic mass is 10.1. The quantitative estimate of drug-likeness (QED) is 0.107. The standard InChI is InChI=1S/C69H46N6Si/c1-5-22-47(23-6-1)67-70-68(48-40-43-53(44-41-48)76(50-24-7-2-8-25-50,51-26-9-3-10-27-51)52-28-11-4-12-29-52)72-69(71-67)75-63-38-20-15-32-56(63)58-34-21-39-65(66(58)75)74-62-37-19-16-33-57(62)59-46-49(42-45-64(59)74)73-60-35-17-13-30-54(60)55-31-14-18-36-61(55)73/h1-46H/i1D,2D,3D,4D,5D,6D,7D,8D,9D,10D,11D,12D,22D,23D,24D,25D,26D,27D,28D,29D,40D,41D,43D,44D. The van der Waals surface area contributed by atoms with E-state index < -0.39 is 197 Å². The van der Waals surface area contributed by atoms with Crippen molar-refractivity contribution in [1.29, 1.82) is 0 Å². The van der Waals surface area contributed by atoms with Gasteiger partial charge in [0, 0.05) is 49.1 Å². The van der Waals surface area contributed by atoms with Crippen LogP contribution in [0.4, 0.5) is 0 Å². The normalized spacial score (nSPS) is 16.4. The largest absolute Gasteiger partial charge is 0.309 e. The summed E-state index contributed by atoms with van der Waals surface area (Å²) in [5.74, 6) is -1.77. The van der Waals surface area contributed by atoms with Crippen molar-refractivity contribution in [2.24, 2.45) is 0 Å². The van der Waals surface area contributed by atoms with Gasteiger partial charge in [-0.15, -0.1) is 0 Å². The van der Waals surface area contributed by atoms with E-state index in [9.17, 15) is 16.4 Å². The van der Waals surface area contributed by atoms with Crippen LogP contribution >= 0.6 is 0 Å². The molecule has 0 saturated heterocycles. The number of para-hydroxylation sites is 5. The Kier molecular flexibility index (Phi) is 5.99. The summed E-state index contributed by atoms with van der Waals surface area (Å²) in [4.78, 5) is 14.6. The topological polar surface area (TPSA) is 53.5 Å². The van der Waals surface area contributed by atoms with Crippen molar-refractivity contribution in [3.63, 3.8) is 0 Å². The number of hydrogen-bond acceptors (Lipinski definition) is 3. The minimum atomic E-state index is -6.30. The SMILES string of the molecule is [2H]c1c([2H])c([2H])c(-c2nc(-c3c([2H])c([2H])c([Si](c4c([2H])c([2H])c([2H])c([2H])c4[2H])(c4c([2H])c([2H])c([2H])c([2H])c4[2H])c4c([2H])c([2H])c([2H])c([2H])c4[2H])c([2H])c3[2H])nc(-n3c4ccccc4c4cccc(-n5c6ccccc6c6cc(-n7c8ccccc8c8ccccc87)ccc65)c43)n2)c([2H])c1[2H]. The van der Waals surface area contributed by atoms with E-state index in [4.69, 9.17) is 26.4 Å². The van der Waals surface area contributed by atoms with Gasteiger partial charge in [0.15, 0.2) is 19.7 Å². The number of benzene rings is 11. The van der Waals surface area contributed by atoms with Gasteiger partial charge in [0.1, 0.15) is 0 Å². The highest BCUT2D eigenvalue weighted by Crippen LogP contribution is 2.41. The number of nitrogens with zero attached hydrogens (tertiary/aromatic N) is 6. The Labute approximate surface area is 473 Å². The molecular weight excluding hydrogens is 941 g/mol. The van der Waals surface area contributed by atoms with Gasteiger partial charge in [0.25, 0.3) is 0 Å². The Morgan fingerprint density at radius 3 is 1.26 bits per heavy atom. The van der Waals surface area contributed by atoms with E-state index in [1.807, 2.05) is 84.9 Å². The molecule has 0 spiro atoms. The summed E-state index contributed by atoms with van der Waals surface area (Å²) >= 11 is 0. The lowest BCUT2D eigenvalue weighted by molar-refractivity contribution is 0.950. The smallest absolute Gasteiger partial charge is 0.238 e. The second-order valence-corrected chi connectivity index (χ2v) is 21.2. The summed E-state index contributed by atoms with van der Waals surface area (Å²) in [5, 5.41) is 0.832. The van der Waals surface area contributed by atoms with Gasteiger partial charge in [-0.05, 0) is 69.3 Å². The summed E-state index contributed by atoms with van der Waals surface area (Å²) in [6, 6.07) is 17.1. The molecule has 0 aliphatic carbocycles. The molecule has 4 aromatic heterocycles. The predicted molar refractivity (Wildman–Crippen MR) is 317 cm³/mol. The molecule has 0 aliphatic rings. The molecule has 0 radical (unpaired) electrons. The minimum absolute atomic E-state index is 0.373. The van der Waals surface area contributed by atoms with E-state index in [1.165, 1.54) is 0 Å². The molecule has 0 saturated carbocycles. The molecule has 15 aromatic rings. The fourth-order valence-corrected chi connectivity index (χ4v) is 14.2. The molecule has 0 fully saturated rings. The van der Waals surface area contributed by atoms with Gasteiger partial charge in [0.2, 0.25) is 5.95 Å². The average molecular weight is 1010 g/mol. The van der Waals surface area contributed by atoms with Crippen molar-refractivity contribution < 1.29 is 32.9 Å². The molecule has 15 rings (SSSR count). The molecule has 7 heteroatoms. The second kappa shape index (κ2) is 17.6. The summed E-state index contributed by atoms with van der Waals surface area (Å²) in [7, 11) is -6.30. The molecule has 0 unspecified atom stereocenters. The number of aromatic nitrogens is 6. The van der Waals surface area contributed by atoms with Gasteiger partial charge in [-0.3, -0.25) is 4.57 Å². The van der Waals surface area contributed by atoms with Crippen LogP contribution in [-0.2, 0) is 0 Å². The summed E-state index contributed by atoms with van der Waals surface area (Å²) < 4.78 is 229. The molecule has 0 amide bonds. The Hall–Kier alpha value is -9.95. The van der Waals surface area contributed by atoms with Crippen LogP contribution in [0.1, 0.15) is 32.9 Å². The van der Waals surface area contributed by atoms with Crippen molar-refractivity contribution in [1.82, 2.24) is 28.7 Å². The Morgan fingerprint density at radius 1 is 0.316 bits per heavy atom. The first-order chi connectivity index (χ1) is 47.7. The number of fused-ring (bicyclic) bond motifs is 9. The van der Waals surface area contributed by atoms with Crippen LogP contribution in [0.15, 0.2) is 278 Å². The summed E-state index contributed by atoms with van der Waals surface area (Å²) in [6.07, 6.45) is 0. The highest BCUT2D eigenvalue weighted by atomic mass is 28.3. The van der Waals surface area contributed by atoms with Crippen LogP contribution in [0.2, 0.25) is 0 Å². The van der Waals surface area contributed by atoms with E-state index in [0.29, 0.717) is 27.5 Å². The Bertz CT molecular complexity index is 5840. The third kappa shape index (κ3) is 6.69. The zero-order valence-corrected chi connectivity index (χ0v) is 40.4. The van der Waals surface area contributed by atoms with Crippen LogP contribution in [0.3, 0.4) is 0 Å². The molecule has 6 nitrogen and oxygen atoms in total. The molecule has 0 N–H and O–H groups in total. The van der Waals surface area contributed by atoms with Gasteiger partial charge >= 0.3 is 0 Å². The first-order valence-electron chi connectivity index (χ1n) is 35.9. The number of hydrogen-bond donors (Lipinski definition) is 0. The zero-order valence-electron chi connectivity index (χ0n) is 63.4. The third-order valence-electron chi connectivity index (χ3n) is 13.8. The van der Waals surface area contributed by atoms with Crippen LogP contribution in [0.25, 0.3) is 106 Å². The van der Waals surface area contributed by atoms with Crippen molar-refractivity contribution in [3.8, 4) is 40.1 Å². The van der Waals surface area contributed by atoms with Crippen LogP contribution in [-0.4, -0.2) is 36.7 Å². The third-order valence-corrected chi connectivity index (χ3v) is 17.8. The van der Waals surface area contributed by atoms with Crippen molar-refractivity contribution >= 4 is 94.2 Å². The Balaban J connectivity index is 1.07. The molecule has 0 atom stereocenters. The average Bonchev–Trinajstić information content (AvgIpc) is 0.856. The fourth-order valence-electron chi connectivity index (χ4n) is 10.7. The highest BCUT2D eigenvalue weighted by molar-refractivity contribution is 7.19. The highest BCUT2D eigenvalue weighted by Gasteiger charge is 2.41. The minimum Gasteiger partial charge on any atom is -0.309 e. The monoisotopic (exact) mass is 1010 g/mol. The van der Waals surface area contributed by atoms with Gasteiger partial charge in [-0.25, -0.2) is 4.98 Å². The zero-order chi connectivity index (χ0) is 71.0. The molecular formula is C69H46N6Si. The van der Waals surface area contributed by atoms with E-state index in [0.717, 1.165) is 49.3 Å². The maximum atomic E-state index is 10.3. The summed E-state index contributed by atoms with van der Waals surface area (Å²) in [6.45, 7) is 0. The molecule has 4 heterocycles. The van der Waals surface area contributed by atoms with Crippen molar-refractivity contribution in [2.75, 3.05) is 0 Å². The van der Waals surface area contributed by atoms with Gasteiger partial charge in [-0.2, -0.15) is 9.97 Å². The van der Waals surface area contributed by atoms with E-state index >= 15 is 0 Å². The molecule has 76 heavy (non-hydrogen) atoms. The predicted octanol–water partition coefficient (Wildman–Crippen LogP) is 13.9. The van der Waals surface area contributed by atoms with E-state index in [2.05, 4.69) is 44.5 Å². The van der Waals surface area contributed by atoms with Crippen LogP contribution < -0.4 is 20.7 Å². The maximum absolute atomic E-state index is 10.3. The lowest BCUT2D eigenvalue weighted by Crippen LogP contribution is -2.74. The molecule has 11 aromatic carbocycles. The molecule has 356 valence electrons. The Morgan fingerprint density at radius 2 is 0.724 bits per heavy atom. The van der Waals surface area contributed by atoms with Gasteiger partial charge in [-0.1, -0.05) is 230 Å². The maximum Gasteiger partial charge on any atom is 0.238 e. The molecule has 0 aliphatic heterocycles. The van der Waals surface area contributed by atoms with Crippen molar-refractivity contribution in [3.05, 3.63) is 278 Å². The summed E-state index contributed by atoms with van der Waals surface area (Å²) in [5.41, 5.74) is 4.34. The van der Waals surface area contributed by atoms with E-state index in [1.54, 1.807) is 22.8 Å². The number of rotatable bonds is 9. The second-order valence-electron chi connectivity index (χ2n) is 17.7. The van der Waals surface area contributed by atoms with E-state index in [-0.39, 0.29) is 5.95 Å². The first-order valence-corrected chi connectivity index (χ1v) is 25.9. The van der Waals surface area contributed by atoms with Gasteiger partial charge < -0.3 is 9.13 Å². The first kappa shape index (κ1) is 25.8. The van der Waals surface area contributed by atoms with Crippen LogP contribution in [0.5, 0.6) is 0 Å². The van der Waals surface area contributed by atoms with Crippen molar-refractivity contribution in [2.45, 2.75) is 0 Å². The van der Waals surface area contributed by atoms with Gasteiger partial charge in [0.05, 0.1) is 71.7 Å². The molecule has 0 bridgehead atoms.